The summed E-state index contributed by atoms with van der Waals surface area (Å²) in [7, 11) is 0. The Hall–Kier alpha value is -5.02. The van der Waals surface area contributed by atoms with E-state index in [1.54, 1.807) is 0 Å². The van der Waals surface area contributed by atoms with Gasteiger partial charge in [-0.2, -0.15) is 0 Å². The van der Waals surface area contributed by atoms with Crippen molar-refractivity contribution in [3.05, 3.63) is 146 Å². The van der Waals surface area contributed by atoms with Crippen molar-refractivity contribution in [2.75, 3.05) is 0 Å². The molecule has 0 unspecified atom stereocenters. The van der Waals surface area contributed by atoms with Gasteiger partial charge in [0.15, 0.2) is 0 Å². The second-order valence-electron chi connectivity index (χ2n) is 11.6. The lowest BCUT2D eigenvalue weighted by Crippen LogP contribution is -1.90. The summed E-state index contributed by atoms with van der Waals surface area (Å²) < 4.78 is 5.42. The van der Waals surface area contributed by atoms with Gasteiger partial charge in [0.05, 0.1) is 0 Å². The van der Waals surface area contributed by atoms with E-state index in [-0.39, 0.29) is 0 Å². The Kier molecular flexibility index (Phi) is 5.13. The van der Waals surface area contributed by atoms with Gasteiger partial charge in [0.2, 0.25) is 0 Å². The molecule has 44 heavy (non-hydrogen) atoms. The van der Waals surface area contributed by atoms with Crippen LogP contribution < -0.4 is 0 Å². The van der Waals surface area contributed by atoms with E-state index in [0.717, 1.165) is 0 Å². The number of thiophene rings is 2. The molecule has 204 valence electrons. The summed E-state index contributed by atoms with van der Waals surface area (Å²) in [6.45, 7) is 0. The first-order valence-electron chi connectivity index (χ1n) is 15.0. The van der Waals surface area contributed by atoms with Crippen molar-refractivity contribution in [3.63, 3.8) is 0 Å². The molecule has 0 N–H and O–H groups in total. The quantitative estimate of drug-likeness (QED) is 0.175. The highest BCUT2D eigenvalue weighted by atomic mass is 32.1. The normalized spacial score (nSPS) is 12.1. The SMILES string of the molecule is c1ccc(-c2c3ccccc3c(-c3ccc4sc5cc6ccc7c8ccccc8sc7c6cc5c4c3)c3ccccc23)cc1. The number of hydrogen-bond donors (Lipinski definition) is 0. The number of fused-ring (bicyclic) bond motifs is 10. The van der Waals surface area contributed by atoms with E-state index in [2.05, 4.69) is 146 Å². The summed E-state index contributed by atoms with van der Waals surface area (Å²) >= 11 is 3.81. The van der Waals surface area contributed by atoms with Crippen LogP contribution in [0.5, 0.6) is 0 Å². The van der Waals surface area contributed by atoms with Crippen molar-refractivity contribution in [1.29, 1.82) is 0 Å². The third-order valence-electron chi connectivity index (χ3n) is 9.23. The Labute approximate surface area is 262 Å². The molecule has 2 aromatic heterocycles. The predicted octanol–water partition coefficient (Wildman–Crippen LogP) is 13.2. The van der Waals surface area contributed by atoms with Crippen LogP contribution in [0.1, 0.15) is 0 Å². The molecule has 0 fully saturated rings. The Morgan fingerprint density at radius 3 is 1.61 bits per heavy atom. The van der Waals surface area contributed by atoms with E-state index >= 15 is 0 Å². The predicted molar refractivity (Wildman–Crippen MR) is 196 cm³/mol. The molecular formula is C42H24S2. The minimum absolute atomic E-state index is 1.25. The molecule has 0 radical (unpaired) electrons. The van der Waals surface area contributed by atoms with Crippen molar-refractivity contribution in [3.8, 4) is 22.3 Å². The van der Waals surface area contributed by atoms with E-state index in [1.807, 2.05) is 22.7 Å². The van der Waals surface area contributed by atoms with Crippen molar-refractivity contribution in [2.24, 2.45) is 0 Å². The molecule has 0 nitrogen and oxygen atoms in total. The van der Waals surface area contributed by atoms with Crippen molar-refractivity contribution >= 4 is 95.3 Å². The average Bonchev–Trinajstić information content (AvgIpc) is 3.64. The molecule has 8 aromatic carbocycles. The zero-order valence-electron chi connectivity index (χ0n) is 23.7. The van der Waals surface area contributed by atoms with Gasteiger partial charge >= 0.3 is 0 Å². The maximum absolute atomic E-state index is 2.46. The summed E-state index contributed by atoms with van der Waals surface area (Å²) in [6, 6.07) is 54.1. The fraction of sp³-hybridized carbons (Fsp3) is 0. The molecule has 0 spiro atoms. The van der Waals surface area contributed by atoms with Gasteiger partial charge < -0.3 is 0 Å². The minimum Gasteiger partial charge on any atom is -0.135 e. The highest BCUT2D eigenvalue weighted by Gasteiger charge is 2.18. The fourth-order valence-electron chi connectivity index (χ4n) is 7.29. The number of benzene rings is 8. The number of rotatable bonds is 2. The van der Waals surface area contributed by atoms with Gasteiger partial charge in [0, 0.05) is 45.7 Å². The number of hydrogen-bond acceptors (Lipinski definition) is 2. The molecule has 10 aromatic rings. The van der Waals surface area contributed by atoms with Crippen LogP contribution >= 0.6 is 22.7 Å². The molecule has 0 saturated heterocycles. The Morgan fingerprint density at radius 2 is 0.886 bits per heavy atom. The topological polar surface area (TPSA) is 0 Å². The zero-order valence-corrected chi connectivity index (χ0v) is 25.3. The molecule has 10 rings (SSSR count). The van der Waals surface area contributed by atoms with Gasteiger partial charge in [-0.3, -0.25) is 0 Å². The highest BCUT2D eigenvalue weighted by molar-refractivity contribution is 7.27. The largest absolute Gasteiger partial charge is 0.135 e. The summed E-state index contributed by atoms with van der Waals surface area (Å²) in [4.78, 5) is 0. The molecule has 0 saturated carbocycles. The molecule has 2 heterocycles. The van der Waals surface area contributed by atoms with Gasteiger partial charge in [0.25, 0.3) is 0 Å². The van der Waals surface area contributed by atoms with Crippen molar-refractivity contribution in [2.45, 2.75) is 0 Å². The van der Waals surface area contributed by atoms with E-state index in [4.69, 9.17) is 0 Å². The average molecular weight is 593 g/mol. The first-order chi connectivity index (χ1) is 21.8. The minimum atomic E-state index is 1.25. The standard InChI is InChI=1S/C42H24S2/c1-2-10-25(11-3-1)40-29-13-4-6-15-31(29)41(32-16-7-5-14-30(32)40)27-19-21-38-35(22-27)36-24-34-26(23-39(36)43-38)18-20-33-28-12-8-9-17-37(28)44-42(33)34/h1-24H. The van der Waals surface area contributed by atoms with Crippen LogP contribution in [0, 0.1) is 0 Å². The van der Waals surface area contributed by atoms with Crippen LogP contribution in [0.15, 0.2) is 146 Å². The molecule has 0 amide bonds. The fourth-order valence-corrected chi connectivity index (χ4v) is 9.63. The summed E-state index contributed by atoms with van der Waals surface area (Å²) in [5.41, 5.74) is 5.14. The molecule has 0 aliphatic rings. The summed E-state index contributed by atoms with van der Waals surface area (Å²) in [5.74, 6) is 0. The zero-order chi connectivity index (χ0) is 28.8. The first kappa shape index (κ1) is 24.4. The van der Waals surface area contributed by atoms with Crippen LogP contribution in [0.2, 0.25) is 0 Å². The lowest BCUT2D eigenvalue weighted by Gasteiger charge is -2.17. The van der Waals surface area contributed by atoms with Crippen LogP contribution in [0.4, 0.5) is 0 Å². The lowest BCUT2D eigenvalue weighted by atomic mass is 9.86. The first-order valence-corrected chi connectivity index (χ1v) is 16.6. The molecule has 0 aliphatic carbocycles. The maximum atomic E-state index is 2.46. The Balaban J connectivity index is 1.28. The van der Waals surface area contributed by atoms with Gasteiger partial charge in [-0.25, -0.2) is 0 Å². The van der Waals surface area contributed by atoms with Crippen LogP contribution in [-0.2, 0) is 0 Å². The smallest absolute Gasteiger partial charge is 0.0434 e. The molecule has 2 heteroatoms. The molecule has 0 aliphatic heterocycles. The van der Waals surface area contributed by atoms with Crippen LogP contribution in [-0.4, -0.2) is 0 Å². The second kappa shape index (κ2) is 9.24. The third kappa shape index (κ3) is 3.44. The van der Waals surface area contributed by atoms with Gasteiger partial charge in [-0.1, -0.05) is 115 Å². The Bertz CT molecular complexity index is 2700. The van der Waals surface area contributed by atoms with Crippen LogP contribution in [0.3, 0.4) is 0 Å². The Morgan fingerprint density at radius 1 is 0.295 bits per heavy atom. The monoisotopic (exact) mass is 592 g/mol. The second-order valence-corrected chi connectivity index (χ2v) is 13.8. The maximum Gasteiger partial charge on any atom is 0.0434 e. The van der Waals surface area contributed by atoms with Crippen molar-refractivity contribution < 1.29 is 0 Å². The lowest BCUT2D eigenvalue weighted by molar-refractivity contribution is 1.66. The van der Waals surface area contributed by atoms with Crippen LogP contribution in [0.25, 0.3) is 94.9 Å². The van der Waals surface area contributed by atoms with E-state index < -0.39 is 0 Å². The summed E-state index contributed by atoms with van der Waals surface area (Å²) in [6.07, 6.45) is 0. The molecule has 0 atom stereocenters. The van der Waals surface area contributed by atoms with E-state index in [0.29, 0.717) is 0 Å². The van der Waals surface area contributed by atoms with Gasteiger partial charge in [-0.15, -0.1) is 22.7 Å². The molecular weight excluding hydrogens is 569 g/mol. The van der Waals surface area contributed by atoms with E-state index in [1.165, 1.54) is 94.9 Å². The highest BCUT2D eigenvalue weighted by Crippen LogP contribution is 2.46. The van der Waals surface area contributed by atoms with Gasteiger partial charge in [0.1, 0.15) is 0 Å². The molecule has 0 bridgehead atoms. The van der Waals surface area contributed by atoms with Crippen molar-refractivity contribution in [1.82, 2.24) is 0 Å². The summed E-state index contributed by atoms with van der Waals surface area (Å²) in [5, 5.41) is 13.2. The van der Waals surface area contributed by atoms with Gasteiger partial charge in [-0.05, 0) is 79.5 Å². The van der Waals surface area contributed by atoms with E-state index in [9.17, 15) is 0 Å². The third-order valence-corrected chi connectivity index (χ3v) is 11.6.